The Morgan fingerprint density at radius 1 is 1.10 bits per heavy atom. The molecule has 1 saturated heterocycles. The number of amides is 1. The summed E-state index contributed by atoms with van der Waals surface area (Å²) in [4.78, 5) is 18.9. The number of carbonyl (C=O) groups is 1. The normalized spacial score (nSPS) is 15.3. The van der Waals surface area contributed by atoms with Crippen molar-refractivity contribution in [2.45, 2.75) is 25.9 Å². The van der Waals surface area contributed by atoms with Crippen LogP contribution in [0.25, 0.3) is 12.2 Å². The molecule has 1 aromatic carbocycles. The largest absolute Gasteiger partial charge is 0.478 e. The molecule has 0 saturated carbocycles. The molecule has 1 aliphatic rings. The summed E-state index contributed by atoms with van der Waals surface area (Å²) in [6, 6.07) is 11.6. The van der Waals surface area contributed by atoms with Gasteiger partial charge in [-0.3, -0.25) is 14.7 Å². The Morgan fingerprint density at radius 2 is 1.73 bits per heavy atom. The van der Waals surface area contributed by atoms with Gasteiger partial charge in [-0.2, -0.15) is 0 Å². The topological polar surface area (TPSA) is 63.7 Å². The average Bonchev–Trinajstić information content (AvgIpc) is 2.77. The second-order valence-corrected chi connectivity index (χ2v) is 7.86. The molecule has 6 heteroatoms. The van der Waals surface area contributed by atoms with Gasteiger partial charge in [-0.25, -0.2) is 0 Å². The number of ether oxygens (including phenoxy) is 2. The summed E-state index contributed by atoms with van der Waals surface area (Å²) in [5.74, 6) is 0.565. The Kier molecular flexibility index (Phi) is 7.99. The van der Waals surface area contributed by atoms with Crippen molar-refractivity contribution in [1.29, 1.82) is 0 Å². The summed E-state index contributed by atoms with van der Waals surface area (Å²) >= 11 is 0. The van der Waals surface area contributed by atoms with E-state index >= 15 is 0 Å². The van der Waals surface area contributed by atoms with Crippen LogP contribution in [-0.4, -0.2) is 60.8 Å². The van der Waals surface area contributed by atoms with Crippen molar-refractivity contribution < 1.29 is 14.3 Å². The molecule has 0 unspecified atom stereocenters. The molecule has 0 aliphatic carbocycles. The zero-order chi connectivity index (χ0) is 21.2. The molecule has 1 amide bonds. The van der Waals surface area contributed by atoms with Crippen molar-refractivity contribution in [2.24, 2.45) is 0 Å². The van der Waals surface area contributed by atoms with Gasteiger partial charge in [0, 0.05) is 32.0 Å². The average molecular weight is 410 g/mol. The van der Waals surface area contributed by atoms with Crippen molar-refractivity contribution >= 4 is 18.1 Å². The first-order valence-corrected chi connectivity index (χ1v) is 10.5. The Hall–Kier alpha value is -2.70. The molecule has 0 atom stereocenters. The van der Waals surface area contributed by atoms with Gasteiger partial charge >= 0.3 is 0 Å². The smallest absolute Gasteiger partial charge is 0.263 e. The monoisotopic (exact) mass is 409 g/mol. The second-order valence-electron chi connectivity index (χ2n) is 7.86. The third-order valence-corrected chi connectivity index (χ3v) is 5.01. The fourth-order valence-electron chi connectivity index (χ4n) is 3.20. The maximum absolute atomic E-state index is 12.6. The molecule has 30 heavy (non-hydrogen) atoms. The van der Waals surface area contributed by atoms with Crippen LogP contribution < -0.4 is 10.1 Å². The van der Waals surface area contributed by atoms with Crippen LogP contribution in [0.5, 0.6) is 5.75 Å². The van der Waals surface area contributed by atoms with Crippen molar-refractivity contribution in [3.8, 4) is 5.75 Å². The van der Waals surface area contributed by atoms with Crippen molar-refractivity contribution in [3.63, 3.8) is 0 Å². The second kappa shape index (κ2) is 10.9. The van der Waals surface area contributed by atoms with Crippen LogP contribution in [0.2, 0.25) is 0 Å². The fourth-order valence-corrected chi connectivity index (χ4v) is 3.20. The minimum absolute atomic E-state index is 0.105. The predicted molar refractivity (Wildman–Crippen MR) is 119 cm³/mol. The first-order valence-electron chi connectivity index (χ1n) is 10.5. The molecule has 0 bridgehead atoms. The minimum atomic E-state index is -0.937. The van der Waals surface area contributed by atoms with Crippen LogP contribution in [0.4, 0.5) is 0 Å². The van der Waals surface area contributed by atoms with E-state index in [4.69, 9.17) is 9.47 Å². The molecule has 0 spiro atoms. The zero-order valence-corrected chi connectivity index (χ0v) is 17.8. The standard InChI is InChI=1S/C24H31N3O3/c1-24(2,23(28)26-12-3-15-27-16-18-29-19-17-27)30-22-8-6-20(7-9-22)4-5-21-10-13-25-14-11-21/h4-11,13-14H,3,12,15-19H2,1-2H3,(H,26,28)/b5-4+. The number of nitrogens with one attached hydrogen (secondary N) is 1. The Bertz CT molecular complexity index is 813. The number of pyridine rings is 1. The van der Waals surface area contributed by atoms with Gasteiger partial charge in [0.25, 0.3) is 5.91 Å². The molecular weight excluding hydrogens is 378 g/mol. The summed E-state index contributed by atoms with van der Waals surface area (Å²) in [7, 11) is 0. The lowest BCUT2D eigenvalue weighted by atomic mass is 10.1. The first-order chi connectivity index (χ1) is 14.5. The number of carbonyl (C=O) groups excluding carboxylic acids is 1. The predicted octanol–water partition coefficient (Wildman–Crippen LogP) is 3.25. The number of benzene rings is 1. The van der Waals surface area contributed by atoms with Crippen LogP contribution in [0.15, 0.2) is 48.8 Å². The van der Waals surface area contributed by atoms with E-state index in [0.717, 1.165) is 50.4 Å². The van der Waals surface area contributed by atoms with Gasteiger partial charge in [-0.15, -0.1) is 0 Å². The third kappa shape index (κ3) is 6.97. The SMILES string of the molecule is CC(C)(Oc1ccc(/C=C/c2ccncc2)cc1)C(=O)NCCCN1CCOCC1. The van der Waals surface area contributed by atoms with Crippen molar-refractivity contribution in [2.75, 3.05) is 39.4 Å². The van der Waals surface area contributed by atoms with Crippen LogP contribution in [0.1, 0.15) is 31.4 Å². The number of aromatic nitrogens is 1. The lowest BCUT2D eigenvalue weighted by molar-refractivity contribution is -0.134. The van der Waals surface area contributed by atoms with Gasteiger partial charge in [0.2, 0.25) is 0 Å². The number of morpholine rings is 1. The molecule has 1 fully saturated rings. The van der Waals surface area contributed by atoms with Crippen molar-refractivity contribution in [3.05, 3.63) is 59.9 Å². The summed E-state index contributed by atoms with van der Waals surface area (Å²) < 4.78 is 11.3. The van der Waals surface area contributed by atoms with E-state index in [0.29, 0.717) is 12.3 Å². The first kappa shape index (κ1) is 22.0. The third-order valence-electron chi connectivity index (χ3n) is 5.01. The van der Waals surface area contributed by atoms with Gasteiger partial charge in [0.05, 0.1) is 13.2 Å². The van der Waals surface area contributed by atoms with E-state index < -0.39 is 5.60 Å². The summed E-state index contributed by atoms with van der Waals surface area (Å²) in [6.45, 7) is 8.73. The Balaban J connectivity index is 1.44. The number of rotatable bonds is 9. The van der Waals surface area contributed by atoms with E-state index in [-0.39, 0.29) is 5.91 Å². The van der Waals surface area contributed by atoms with Crippen LogP contribution in [0.3, 0.4) is 0 Å². The number of nitrogens with zero attached hydrogens (tertiary/aromatic N) is 2. The van der Waals surface area contributed by atoms with E-state index in [1.807, 2.05) is 48.6 Å². The number of hydrogen-bond donors (Lipinski definition) is 1. The van der Waals surface area contributed by atoms with E-state index in [1.165, 1.54) is 0 Å². The van der Waals surface area contributed by atoms with E-state index in [1.54, 1.807) is 26.2 Å². The summed E-state index contributed by atoms with van der Waals surface area (Å²) in [6.07, 6.45) is 8.52. The molecule has 2 heterocycles. The molecule has 3 rings (SSSR count). The van der Waals surface area contributed by atoms with E-state index in [9.17, 15) is 4.79 Å². The highest BCUT2D eigenvalue weighted by Crippen LogP contribution is 2.20. The molecule has 1 N–H and O–H groups in total. The van der Waals surface area contributed by atoms with Crippen LogP contribution in [-0.2, 0) is 9.53 Å². The fraction of sp³-hybridized carbons (Fsp3) is 0.417. The maximum Gasteiger partial charge on any atom is 0.263 e. The quantitative estimate of drug-likeness (QED) is 0.644. The molecule has 1 aliphatic heterocycles. The van der Waals surface area contributed by atoms with Crippen molar-refractivity contribution in [1.82, 2.24) is 15.2 Å². The van der Waals surface area contributed by atoms with Gasteiger partial charge in [-0.1, -0.05) is 24.3 Å². The van der Waals surface area contributed by atoms with Gasteiger partial charge < -0.3 is 14.8 Å². The summed E-state index contributed by atoms with van der Waals surface area (Å²) in [5, 5.41) is 2.99. The zero-order valence-electron chi connectivity index (χ0n) is 17.8. The van der Waals surface area contributed by atoms with E-state index in [2.05, 4.69) is 15.2 Å². The summed E-state index contributed by atoms with van der Waals surface area (Å²) in [5.41, 5.74) is 1.22. The highest BCUT2D eigenvalue weighted by atomic mass is 16.5. The Morgan fingerprint density at radius 3 is 2.40 bits per heavy atom. The molecule has 160 valence electrons. The molecule has 1 aromatic heterocycles. The van der Waals surface area contributed by atoms with Gasteiger partial charge in [0.1, 0.15) is 5.75 Å². The molecule has 0 radical (unpaired) electrons. The van der Waals surface area contributed by atoms with Gasteiger partial charge in [0.15, 0.2) is 5.60 Å². The lowest BCUT2D eigenvalue weighted by Crippen LogP contribution is -2.47. The molecular formula is C24H31N3O3. The van der Waals surface area contributed by atoms with Crippen LogP contribution >= 0.6 is 0 Å². The highest BCUT2D eigenvalue weighted by molar-refractivity contribution is 5.84. The number of hydrogen-bond acceptors (Lipinski definition) is 5. The van der Waals surface area contributed by atoms with Gasteiger partial charge in [-0.05, 0) is 62.2 Å². The Labute approximate surface area is 178 Å². The van der Waals surface area contributed by atoms with Crippen LogP contribution in [0, 0.1) is 0 Å². The molecule has 2 aromatic rings. The molecule has 6 nitrogen and oxygen atoms in total. The lowest BCUT2D eigenvalue weighted by Gasteiger charge is -2.27. The highest BCUT2D eigenvalue weighted by Gasteiger charge is 2.29. The minimum Gasteiger partial charge on any atom is -0.478 e. The maximum atomic E-state index is 12.6.